The maximum absolute atomic E-state index is 12.3. The van der Waals surface area contributed by atoms with E-state index < -0.39 is 23.6 Å². The smallest absolute Gasteiger partial charge is 0.415 e. The number of hydrogen-bond donors (Lipinski definition) is 3. The highest BCUT2D eigenvalue weighted by atomic mass is 16.6. The highest BCUT2D eigenvalue weighted by Crippen LogP contribution is 2.20. The molecule has 1 saturated heterocycles. The van der Waals surface area contributed by atoms with Gasteiger partial charge in [0.25, 0.3) is 6.02 Å². The first-order chi connectivity index (χ1) is 13.2. The number of piperidine rings is 1. The molecule has 2 unspecified atom stereocenters. The van der Waals surface area contributed by atoms with Crippen LogP contribution in [0.2, 0.25) is 0 Å². The molecule has 0 bridgehead atoms. The molecule has 1 aromatic carbocycles. The van der Waals surface area contributed by atoms with Crippen molar-refractivity contribution in [1.82, 2.24) is 10.2 Å². The van der Waals surface area contributed by atoms with E-state index in [0.717, 1.165) is 18.4 Å². The lowest BCUT2D eigenvalue weighted by molar-refractivity contribution is -0.148. The lowest BCUT2D eigenvalue weighted by Gasteiger charge is -2.35. The van der Waals surface area contributed by atoms with Crippen molar-refractivity contribution in [3.05, 3.63) is 35.9 Å². The molecule has 1 heterocycles. The fraction of sp³-hybridized carbons (Fsp3) is 0.550. The molecule has 0 radical (unpaired) electrons. The Kier molecular flexibility index (Phi) is 7.39. The van der Waals surface area contributed by atoms with Crippen LogP contribution in [0.3, 0.4) is 0 Å². The lowest BCUT2D eigenvalue weighted by Crippen LogP contribution is -2.51. The quantitative estimate of drug-likeness (QED) is 0.412. The Hall–Kier alpha value is -2.61. The van der Waals surface area contributed by atoms with Crippen molar-refractivity contribution in [3.8, 4) is 0 Å². The molecule has 1 fully saturated rings. The van der Waals surface area contributed by atoms with Crippen molar-refractivity contribution in [3.63, 3.8) is 0 Å². The molecule has 8 heteroatoms. The van der Waals surface area contributed by atoms with E-state index >= 15 is 0 Å². The third-order valence-electron chi connectivity index (χ3n) is 4.42. The molecule has 154 valence electrons. The number of alkyl carbamates (subject to hydrolysis) is 1. The molecule has 8 nitrogen and oxygen atoms in total. The van der Waals surface area contributed by atoms with Gasteiger partial charge < -0.3 is 25.4 Å². The highest BCUT2D eigenvalue weighted by Gasteiger charge is 2.32. The second kappa shape index (κ2) is 9.54. The van der Waals surface area contributed by atoms with Gasteiger partial charge in [0.2, 0.25) is 0 Å². The molecule has 0 aromatic heterocycles. The number of nitrogens with two attached hydrogens (primary N) is 1. The van der Waals surface area contributed by atoms with Crippen LogP contribution in [0.5, 0.6) is 0 Å². The summed E-state index contributed by atoms with van der Waals surface area (Å²) in [5, 5.41) is 10.7. The fourth-order valence-corrected chi connectivity index (χ4v) is 2.99. The summed E-state index contributed by atoms with van der Waals surface area (Å²) >= 11 is 0. The topological polar surface area (TPSA) is 118 Å². The minimum absolute atomic E-state index is 0.174. The van der Waals surface area contributed by atoms with Crippen molar-refractivity contribution in [2.75, 3.05) is 13.1 Å². The number of ether oxygens (including phenoxy) is 2. The van der Waals surface area contributed by atoms with E-state index in [-0.39, 0.29) is 18.5 Å². The Balaban J connectivity index is 1.84. The summed E-state index contributed by atoms with van der Waals surface area (Å²) in [7, 11) is 0. The number of hydrogen-bond acceptors (Lipinski definition) is 6. The molecule has 2 atom stereocenters. The average molecular weight is 390 g/mol. The first kappa shape index (κ1) is 21.7. The molecule has 28 heavy (non-hydrogen) atoms. The first-order valence-corrected chi connectivity index (χ1v) is 9.45. The molecule has 1 aliphatic rings. The first-order valence-electron chi connectivity index (χ1n) is 9.45. The summed E-state index contributed by atoms with van der Waals surface area (Å²) < 4.78 is 10.4. The number of carbonyl (C=O) groups is 2. The van der Waals surface area contributed by atoms with Gasteiger partial charge in [-0.25, -0.2) is 4.79 Å². The van der Waals surface area contributed by atoms with E-state index in [0.29, 0.717) is 13.1 Å². The number of nitrogens with zero attached hydrogens (tertiary/aromatic N) is 1. The number of benzene rings is 1. The summed E-state index contributed by atoms with van der Waals surface area (Å²) in [6.07, 6.45) is 0.822. The summed E-state index contributed by atoms with van der Waals surface area (Å²) in [5.41, 5.74) is 6.56. The Morgan fingerprint density at radius 3 is 2.64 bits per heavy atom. The second-order valence-electron chi connectivity index (χ2n) is 8.04. The number of rotatable bonds is 4. The van der Waals surface area contributed by atoms with E-state index in [1.54, 1.807) is 4.90 Å². The largest absolute Gasteiger partial charge is 0.460 e. The van der Waals surface area contributed by atoms with E-state index in [2.05, 4.69) is 5.32 Å². The van der Waals surface area contributed by atoms with Gasteiger partial charge in [-0.05, 0) is 39.2 Å². The number of amides is 1. The third-order valence-corrected chi connectivity index (χ3v) is 4.42. The Bertz CT molecular complexity index is 687. The summed E-state index contributed by atoms with van der Waals surface area (Å²) in [5.74, 6) is -0.639. The Morgan fingerprint density at radius 1 is 1.32 bits per heavy atom. The number of carbonyl (C=O) groups excluding carboxylic acids is 2. The molecular formula is C20H30N4O4. The summed E-state index contributed by atoms with van der Waals surface area (Å²) in [4.78, 5) is 25.8. The van der Waals surface area contributed by atoms with E-state index in [1.165, 1.54) is 0 Å². The van der Waals surface area contributed by atoms with Crippen molar-refractivity contribution in [2.24, 2.45) is 11.7 Å². The van der Waals surface area contributed by atoms with Crippen LogP contribution in [0.25, 0.3) is 0 Å². The van der Waals surface area contributed by atoms with Crippen molar-refractivity contribution < 1.29 is 19.1 Å². The molecule has 0 saturated carbocycles. The van der Waals surface area contributed by atoms with Gasteiger partial charge in [0, 0.05) is 24.5 Å². The SMILES string of the molecule is CC(C)(C)NC(=O)OC(=N)N1CCCC(C(N)C(=O)OCc2ccccc2)C1. The molecule has 1 aliphatic heterocycles. The van der Waals surface area contributed by atoms with Crippen LogP contribution in [-0.2, 0) is 20.9 Å². The predicted molar refractivity (Wildman–Crippen MR) is 106 cm³/mol. The van der Waals surface area contributed by atoms with Crippen LogP contribution in [-0.4, -0.2) is 47.7 Å². The van der Waals surface area contributed by atoms with Crippen LogP contribution in [0, 0.1) is 11.3 Å². The Morgan fingerprint density at radius 2 is 2.00 bits per heavy atom. The van der Waals surface area contributed by atoms with E-state index in [9.17, 15) is 9.59 Å². The molecule has 2 rings (SSSR count). The number of esters is 1. The normalized spacial score (nSPS) is 18.1. The monoisotopic (exact) mass is 390 g/mol. The van der Waals surface area contributed by atoms with E-state index in [1.807, 2.05) is 51.1 Å². The third kappa shape index (κ3) is 6.84. The number of nitrogens with one attached hydrogen (secondary N) is 2. The van der Waals surface area contributed by atoms with Crippen LogP contribution >= 0.6 is 0 Å². The summed E-state index contributed by atoms with van der Waals surface area (Å²) in [6, 6.07) is 8.38. The maximum atomic E-state index is 12.3. The molecule has 0 aliphatic carbocycles. The minimum Gasteiger partial charge on any atom is -0.460 e. The zero-order chi connectivity index (χ0) is 20.7. The van der Waals surface area contributed by atoms with Crippen molar-refractivity contribution in [1.29, 1.82) is 5.41 Å². The maximum Gasteiger partial charge on any atom is 0.415 e. The average Bonchev–Trinajstić information content (AvgIpc) is 2.64. The van der Waals surface area contributed by atoms with Gasteiger partial charge in [0.15, 0.2) is 0 Å². The molecule has 1 aromatic rings. The van der Waals surface area contributed by atoms with Crippen LogP contribution < -0.4 is 11.1 Å². The van der Waals surface area contributed by atoms with Gasteiger partial charge in [-0.2, -0.15) is 0 Å². The van der Waals surface area contributed by atoms with Crippen LogP contribution in [0.1, 0.15) is 39.2 Å². The predicted octanol–water partition coefficient (Wildman–Crippen LogP) is 2.23. The summed E-state index contributed by atoms with van der Waals surface area (Å²) in [6.45, 7) is 6.60. The lowest BCUT2D eigenvalue weighted by atomic mass is 9.91. The Labute approximate surface area is 165 Å². The zero-order valence-corrected chi connectivity index (χ0v) is 16.7. The molecule has 4 N–H and O–H groups in total. The van der Waals surface area contributed by atoms with Gasteiger partial charge >= 0.3 is 12.1 Å². The molecular weight excluding hydrogens is 360 g/mol. The van der Waals surface area contributed by atoms with Gasteiger partial charge in [-0.1, -0.05) is 30.3 Å². The molecule has 0 spiro atoms. The standard InChI is InChI=1S/C20H30N4O4/c1-20(2,3)23-19(26)28-18(22)24-11-7-10-15(12-24)16(21)17(25)27-13-14-8-5-4-6-9-14/h4-6,8-9,15-16,22H,7,10-13,21H2,1-3H3,(H,23,26). The van der Waals surface area contributed by atoms with E-state index in [4.69, 9.17) is 20.6 Å². The van der Waals surface area contributed by atoms with Gasteiger partial charge in [-0.3, -0.25) is 10.2 Å². The van der Waals surface area contributed by atoms with Gasteiger partial charge in [-0.15, -0.1) is 0 Å². The van der Waals surface area contributed by atoms with Gasteiger partial charge in [0.05, 0.1) is 0 Å². The highest BCUT2D eigenvalue weighted by molar-refractivity contribution is 5.85. The zero-order valence-electron chi connectivity index (χ0n) is 16.7. The minimum atomic E-state index is -0.789. The van der Waals surface area contributed by atoms with Crippen molar-refractivity contribution in [2.45, 2.75) is 51.8 Å². The second-order valence-corrected chi connectivity index (χ2v) is 8.04. The molecule has 1 amide bonds. The number of likely N-dealkylation sites (tertiary alicyclic amines) is 1. The fourth-order valence-electron chi connectivity index (χ4n) is 2.99. The number of amidine groups is 1. The van der Waals surface area contributed by atoms with Gasteiger partial charge in [0.1, 0.15) is 12.6 Å². The van der Waals surface area contributed by atoms with Crippen molar-refractivity contribution >= 4 is 18.1 Å². The van der Waals surface area contributed by atoms with Crippen LogP contribution in [0.15, 0.2) is 30.3 Å². The van der Waals surface area contributed by atoms with Crippen LogP contribution in [0.4, 0.5) is 4.79 Å².